The van der Waals surface area contributed by atoms with E-state index in [-0.39, 0.29) is 28.1 Å². The van der Waals surface area contributed by atoms with Crippen LogP contribution in [0, 0.1) is 22.9 Å². The van der Waals surface area contributed by atoms with Gasteiger partial charge in [-0.3, -0.25) is 19.7 Å². The van der Waals surface area contributed by atoms with Crippen LogP contribution in [0.2, 0.25) is 0 Å². The molecule has 0 aliphatic carbocycles. The van der Waals surface area contributed by atoms with Gasteiger partial charge in [0.25, 0.3) is 11.6 Å². The maximum Gasteiger partial charge on any atom is 0.269 e. The number of carbonyl (C=O) groups is 2. The molecule has 3 N–H and O–H groups in total. The second kappa shape index (κ2) is 7.27. The topological polar surface area (TPSA) is 133 Å². The highest BCUT2D eigenvalue weighted by Crippen LogP contribution is 2.22. The van der Waals surface area contributed by atoms with Crippen molar-refractivity contribution in [2.75, 3.05) is 5.32 Å². The number of nitro groups is 1. The van der Waals surface area contributed by atoms with Gasteiger partial charge in [0, 0.05) is 35.1 Å². The number of nitro benzene ring substituents is 1. The van der Waals surface area contributed by atoms with Crippen LogP contribution in [0.5, 0.6) is 0 Å². The van der Waals surface area contributed by atoms with Gasteiger partial charge >= 0.3 is 0 Å². The maximum absolute atomic E-state index is 13.9. The van der Waals surface area contributed by atoms with E-state index < -0.39 is 22.6 Å². The zero-order valence-electron chi connectivity index (χ0n) is 14.5. The lowest BCUT2D eigenvalue weighted by atomic mass is 10.1. The lowest BCUT2D eigenvalue weighted by Gasteiger charge is -2.10. The average molecular weight is 383 g/mol. The number of rotatable bonds is 5. The Balaban J connectivity index is 1.83. The highest BCUT2D eigenvalue weighted by atomic mass is 19.1. The van der Waals surface area contributed by atoms with Crippen molar-refractivity contribution in [3.8, 4) is 5.69 Å². The highest BCUT2D eigenvalue weighted by molar-refractivity contribution is 6.05. The molecule has 0 radical (unpaired) electrons. The van der Waals surface area contributed by atoms with Crippen LogP contribution in [0.3, 0.4) is 0 Å². The Hall–Kier alpha value is -4.08. The van der Waals surface area contributed by atoms with E-state index >= 15 is 0 Å². The monoisotopic (exact) mass is 383 g/mol. The fraction of sp³-hybridized carbons (Fsp3) is 0.0556. The van der Waals surface area contributed by atoms with E-state index in [1.165, 1.54) is 54.3 Å². The Morgan fingerprint density at radius 1 is 1.21 bits per heavy atom. The predicted molar refractivity (Wildman–Crippen MR) is 97.8 cm³/mol. The van der Waals surface area contributed by atoms with Crippen molar-refractivity contribution >= 4 is 23.2 Å². The van der Waals surface area contributed by atoms with Gasteiger partial charge < -0.3 is 11.1 Å². The summed E-state index contributed by atoms with van der Waals surface area (Å²) in [7, 11) is 0. The number of amides is 2. The molecule has 28 heavy (non-hydrogen) atoms. The van der Waals surface area contributed by atoms with Crippen molar-refractivity contribution in [1.29, 1.82) is 0 Å². The van der Waals surface area contributed by atoms with Crippen LogP contribution in [0.25, 0.3) is 5.69 Å². The molecule has 2 aromatic carbocycles. The quantitative estimate of drug-likeness (QED) is 0.516. The van der Waals surface area contributed by atoms with Crippen LogP contribution < -0.4 is 11.1 Å². The summed E-state index contributed by atoms with van der Waals surface area (Å²) >= 11 is 0. The van der Waals surface area contributed by atoms with E-state index in [9.17, 15) is 24.1 Å². The molecular formula is C18H14FN5O4. The largest absolute Gasteiger partial charge is 0.366 e. The molecule has 0 saturated carbocycles. The number of benzene rings is 2. The van der Waals surface area contributed by atoms with Gasteiger partial charge in [-0.1, -0.05) is 0 Å². The highest BCUT2D eigenvalue weighted by Gasteiger charge is 2.15. The van der Waals surface area contributed by atoms with E-state index in [0.717, 1.165) is 6.07 Å². The minimum absolute atomic E-state index is 0.0688. The van der Waals surface area contributed by atoms with Crippen molar-refractivity contribution in [1.82, 2.24) is 9.78 Å². The molecule has 142 valence electrons. The number of carbonyl (C=O) groups excluding carboxylic acids is 2. The molecule has 1 aromatic heterocycles. The van der Waals surface area contributed by atoms with Gasteiger partial charge in [0.2, 0.25) is 5.91 Å². The summed E-state index contributed by atoms with van der Waals surface area (Å²) in [6.45, 7) is 1.45. The SMILES string of the molecule is Cc1c(F)cc(C(N)=O)cc1NC(=O)c1cnn(-c2ccc([N+](=O)[O-])cc2)c1. The number of aromatic nitrogens is 2. The molecule has 0 aliphatic rings. The Morgan fingerprint density at radius 2 is 1.89 bits per heavy atom. The van der Waals surface area contributed by atoms with Crippen LogP contribution in [0.4, 0.5) is 15.8 Å². The zero-order valence-corrected chi connectivity index (χ0v) is 14.5. The molecule has 1 heterocycles. The first-order valence-corrected chi connectivity index (χ1v) is 7.97. The molecule has 0 atom stereocenters. The van der Waals surface area contributed by atoms with Crippen molar-refractivity contribution in [2.45, 2.75) is 6.92 Å². The second-order valence-electron chi connectivity index (χ2n) is 5.90. The summed E-state index contributed by atoms with van der Waals surface area (Å²) in [6, 6.07) is 7.90. The number of nitrogens with one attached hydrogen (secondary N) is 1. The summed E-state index contributed by atoms with van der Waals surface area (Å²) in [5.41, 5.74) is 5.98. The Kier molecular flexibility index (Phi) is 4.86. The first-order valence-electron chi connectivity index (χ1n) is 7.97. The maximum atomic E-state index is 13.9. The number of non-ortho nitro benzene ring substituents is 1. The molecule has 10 heteroatoms. The summed E-state index contributed by atoms with van der Waals surface area (Å²) < 4.78 is 15.3. The van der Waals surface area contributed by atoms with Crippen LogP contribution in [-0.2, 0) is 0 Å². The van der Waals surface area contributed by atoms with E-state index in [1.807, 2.05) is 0 Å². The molecule has 0 spiro atoms. The molecule has 0 aliphatic heterocycles. The third-order valence-electron chi connectivity index (χ3n) is 4.05. The number of anilines is 1. The molecule has 3 aromatic rings. The normalized spacial score (nSPS) is 10.5. The molecule has 0 bridgehead atoms. The minimum atomic E-state index is -0.819. The van der Waals surface area contributed by atoms with Gasteiger partial charge in [-0.15, -0.1) is 0 Å². The molecular weight excluding hydrogens is 369 g/mol. The summed E-state index contributed by atoms with van der Waals surface area (Å²) in [4.78, 5) is 33.9. The predicted octanol–water partition coefficient (Wildman–Crippen LogP) is 2.58. The number of hydrogen-bond acceptors (Lipinski definition) is 5. The van der Waals surface area contributed by atoms with Gasteiger partial charge in [0.15, 0.2) is 0 Å². The van der Waals surface area contributed by atoms with Gasteiger partial charge in [-0.2, -0.15) is 5.10 Å². The number of nitrogens with two attached hydrogens (primary N) is 1. The minimum Gasteiger partial charge on any atom is -0.366 e. The first kappa shape index (κ1) is 18.7. The number of nitrogens with zero attached hydrogens (tertiary/aromatic N) is 3. The Labute approximate surface area is 157 Å². The van der Waals surface area contributed by atoms with E-state index in [1.54, 1.807) is 0 Å². The van der Waals surface area contributed by atoms with Gasteiger partial charge in [0.1, 0.15) is 5.82 Å². The molecule has 0 saturated heterocycles. The van der Waals surface area contributed by atoms with Crippen molar-refractivity contribution < 1.29 is 18.9 Å². The van der Waals surface area contributed by atoms with Gasteiger partial charge in [-0.05, 0) is 31.2 Å². The summed E-state index contributed by atoms with van der Waals surface area (Å²) in [5, 5.41) is 17.3. The third kappa shape index (κ3) is 3.70. The molecule has 3 rings (SSSR count). The lowest BCUT2D eigenvalue weighted by molar-refractivity contribution is -0.384. The number of hydrogen-bond donors (Lipinski definition) is 2. The average Bonchev–Trinajstić information content (AvgIpc) is 3.15. The van der Waals surface area contributed by atoms with Crippen LogP contribution >= 0.6 is 0 Å². The van der Waals surface area contributed by atoms with Gasteiger partial charge in [-0.25, -0.2) is 9.07 Å². The lowest BCUT2D eigenvalue weighted by Crippen LogP contribution is -2.16. The van der Waals surface area contributed by atoms with Crippen molar-refractivity contribution in [3.05, 3.63) is 81.4 Å². The van der Waals surface area contributed by atoms with Crippen LogP contribution in [0.15, 0.2) is 48.8 Å². The molecule has 9 nitrogen and oxygen atoms in total. The molecule has 0 unspecified atom stereocenters. The van der Waals surface area contributed by atoms with Crippen LogP contribution in [0.1, 0.15) is 26.3 Å². The van der Waals surface area contributed by atoms with Gasteiger partial charge in [0.05, 0.1) is 22.4 Å². The number of halogens is 1. The van der Waals surface area contributed by atoms with E-state index in [4.69, 9.17) is 5.73 Å². The zero-order chi connectivity index (χ0) is 20.4. The Bertz CT molecular complexity index is 1090. The smallest absolute Gasteiger partial charge is 0.269 e. The standard InChI is InChI=1S/C18H14FN5O4/c1-10-15(19)6-11(17(20)25)7-16(10)22-18(26)12-8-21-23(9-12)13-2-4-14(5-3-13)24(27)28/h2-9H,1H3,(H2,20,25)(H,22,26). The summed E-state index contributed by atoms with van der Waals surface area (Å²) in [6.07, 6.45) is 2.71. The Morgan fingerprint density at radius 3 is 2.50 bits per heavy atom. The number of primary amides is 1. The summed E-state index contributed by atoms with van der Waals surface area (Å²) in [5.74, 6) is -2.06. The van der Waals surface area contributed by atoms with Crippen LogP contribution in [-0.4, -0.2) is 26.5 Å². The first-order chi connectivity index (χ1) is 13.3. The molecule has 0 fully saturated rings. The van der Waals surface area contributed by atoms with Crippen molar-refractivity contribution in [3.63, 3.8) is 0 Å². The fourth-order valence-corrected chi connectivity index (χ4v) is 2.45. The molecule has 2 amide bonds. The fourth-order valence-electron chi connectivity index (χ4n) is 2.45. The van der Waals surface area contributed by atoms with E-state index in [0.29, 0.717) is 5.69 Å². The van der Waals surface area contributed by atoms with E-state index in [2.05, 4.69) is 10.4 Å². The van der Waals surface area contributed by atoms with Crippen molar-refractivity contribution in [2.24, 2.45) is 5.73 Å². The third-order valence-corrected chi connectivity index (χ3v) is 4.05. The second-order valence-corrected chi connectivity index (χ2v) is 5.90.